The highest BCUT2D eigenvalue weighted by Gasteiger charge is 2.23. The zero-order valence-electron chi connectivity index (χ0n) is 17.0. The van der Waals surface area contributed by atoms with E-state index in [1.165, 1.54) is 21.3 Å². The molecule has 0 radical (unpaired) electrons. The van der Waals surface area contributed by atoms with Gasteiger partial charge >= 0.3 is 5.97 Å². The lowest BCUT2D eigenvalue weighted by Crippen LogP contribution is -2.14. The first kappa shape index (κ1) is 22.5. The van der Waals surface area contributed by atoms with Gasteiger partial charge in [-0.15, -0.1) is 0 Å². The molecule has 8 heteroatoms. The second kappa shape index (κ2) is 10.2. The van der Waals surface area contributed by atoms with Gasteiger partial charge < -0.3 is 24.3 Å². The summed E-state index contributed by atoms with van der Waals surface area (Å²) >= 11 is 3.39. The van der Waals surface area contributed by atoms with Gasteiger partial charge in [-0.2, -0.15) is 0 Å². The Morgan fingerprint density at radius 2 is 1.62 bits per heavy atom. The number of esters is 1. The number of halogens is 1. The van der Waals surface area contributed by atoms with Crippen LogP contribution in [-0.2, 0) is 4.74 Å². The molecule has 0 aliphatic rings. The number of benzene rings is 2. The summed E-state index contributed by atoms with van der Waals surface area (Å²) in [6.45, 7) is 4.28. The predicted octanol–water partition coefficient (Wildman–Crippen LogP) is 4.54. The fraction of sp³-hybridized carbons (Fsp3) is 0.333. The third-order valence-corrected chi connectivity index (χ3v) is 4.73. The molecule has 0 saturated heterocycles. The normalized spacial score (nSPS) is 10.4. The van der Waals surface area contributed by atoms with E-state index in [0.717, 1.165) is 0 Å². The molecule has 1 N–H and O–H groups in total. The summed E-state index contributed by atoms with van der Waals surface area (Å²) < 4.78 is 21.6. The van der Waals surface area contributed by atoms with E-state index in [9.17, 15) is 9.59 Å². The van der Waals surface area contributed by atoms with Crippen LogP contribution in [-0.4, -0.2) is 39.8 Å². The summed E-state index contributed by atoms with van der Waals surface area (Å²) in [5.41, 5.74) is 1.24. The number of nitrogens with one attached hydrogen (secondary N) is 1. The lowest BCUT2D eigenvalue weighted by Gasteiger charge is -2.16. The van der Waals surface area contributed by atoms with Crippen molar-refractivity contribution in [1.82, 2.24) is 0 Å². The molecule has 0 fully saturated rings. The first-order chi connectivity index (χ1) is 13.8. The molecule has 156 valence electrons. The van der Waals surface area contributed by atoms with Crippen molar-refractivity contribution in [2.24, 2.45) is 5.92 Å². The molecule has 0 aromatic heterocycles. The number of ether oxygens (including phenoxy) is 4. The largest absolute Gasteiger partial charge is 0.493 e. The maximum absolute atomic E-state index is 12.8. The topological polar surface area (TPSA) is 83.1 Å². The van der Waals surface area contributed by atoms with Crippen LogP contribution in [0.1, 0.15) is 34.6 Å². The third-order valence-electron chi connectivity index (χ3n) is 3.94. The van der Waals surface area contributed by atoms with Crippen molar-refractivity contribution in [2.75, 3.05) is 33.3 Å². The second-order valence-electron chi connectivity index (χ2n) is 6.53. The van der Waals surface area contributed by atoms with Gasteiger partial charge in [0, 0.05) is 5.69 Å². The van der Waals surface area contributed by atoms with Crippen molar-refractivity contribution in [1.29, 1.82) is 0 Å². The van der Waals surface area contributed by atoms with E-state index in [4.69, 9.17) is 18.9 Å². The zero-order valence-corrected chi connectivity index (χ0v) is 18.6. The van der Waals surface area contributed by atoms with Gasteiger partial charge in [0.2, 0.25) is 5.75 Å². The molecular formula is C21H24BrNO6. The standard InChI is InChI=1S/C21H24BrNO6/c1-12(2)11-29-21(25)13-6-8-14(9-7-13)23-20(24)15-10-16(26-3)18(27-4)19(28-5)17(15)22/h6-10,12H,11H2,1-5H3,(H,23,24). The minimum Gasteiger partial charge on any atom is -0.493 e. The molecule has 7 nitrogen and oxygen atoms in total. The summed E-state index contributed by atoms with van der Waals surface area (Å²) in [7, 11) is 4.44. The van der Waals surface area contributed by atoms with Crippen molar-refractivity contribution in [3.63, 3.8) is 0 Å². The molecule has 29 heavy (non-hydrogen) atoms. The number of hydrogen-bond donors (Lipinski definition) is 1. The number of carbonyl (C=O) groups excluding carboxylic acids is 2. The second-order valence-corrected chi connectivity index (χ2v) is 7.32. The minimum atomic E-state index is -0.399. The van der Waals surface area contributed by atoms with E-state index in [1.807, 2.05) is 13.8 Å². The van der Waals surface area contributed by atoms with Crippen LogP contribution in [0.15, 0.2) is 34.8 Å². The van der Waals surface area contributed by atoms with Crippen LogP contribution in [0.2, 0.25) is 0 Å². The number of rotatable bonds is 8. The molecule has 0 aliphatic heterocycles. The molecule has 0 spiro atoms. The van der Waals surface area contributed by atoms with Gasteiger partial charge in [0.1, 0.15) is 0 Å². The number of amides is 1. The highest BCUT2D eigenvalue weighted by atomic mass is 79.9. The van der Waals surface area contributed by atoms with E-state index in [1.54, 1.807) is 30.3 Å². The summed E-state index contributed by atoms with van der Waals surface area (Å²) in [4.78, 5) is 24.8. The van der Waals surface area contributed by atoms with Gasteiger partial charge in [-0.1, -0.05) is 13.8 Å². The van der Waals surface area contributed by atoms with Crippen LogP contribution in [0.5, 0.6) is 17.2 Å². The quantitative estimate of drug-likeness (QED) is 0.576. The zero-order chi connectivity index (χ0) is 21.6. The summed E-state index contributed by atoms with van der Waals surface area (Å²) in [5.74, 6) is 0.563. The lowest BCUT2D eigenvalue weighted by atomic mass is 10.1. The Bertz CT molecular complexity index is 880. The van der Waals surface area contributed by atoms with Gasteiger partial charge in [-0.05, 0) is 52.2 Å². The molecule has 0 aliphatic carbocycles. The molecule has 1 amide bonds. The minimum absolute atomic E-state index is 0.259. The SMILES string of the molecule is COc1cc(C(=O)Nc2ccc(C(=O)OCC(C)C)cc2)c(Br)c(OC)c1OC. The maximum Gasteiger partial charge on any atom is 0.338 e. The molecule has 0 heterocycles. The van der Waals surface area contributed by atoms with Gasteiger partial charge in [0.25, 0.3) is 5.91 Å². The Labute approximate surface area is 178 Å². The van der Waals surface area contributed by atoms with Crippen LogP contribution in [0.3, 0.4) is 0 Å². The van der Waals surface area contributed by atoms with Crippen molar-refractivity contribution in [3.05, 3.63) is 45.9 Å². The Balaban J connectivity index is 2.21. The van der Waals surface area contributed by atoms with Crippen LogP contribution >= 0.6 is 15.9 Å². The van der Waals surface area contributed by atoms with Gasteiger partial charge in [0.05, 0.1) is 43.5 Å². The molecule has 0 saturated carbocycles. The molecule has 2 aromatic carbocycles. The first-order valence-electron chi connectivity index (χ1n) is 8.89. The molecule has 0 unspecified atom stereocenters. The fourth-order valence-electron chi connectivity index (χ4n) is 2.50. The average Bonchev–Trinajstić information content (AvgIpc) is 2.71. The highest BCUT2D eigenvalue weighted by Crippen LogP contribution is 2.44. The van der Waals surface area contributed by atoms with Gasteiger partial charge in [-0.25, -0.2) is 4.79 Å². The highest BCUT2D eigenvalue weighted by molar-refractivity contribution is 9.10. The van der Waals surface area contributed by atoms with Gasteiger partial charge in [0.15, 0.2) is 11.5 Å². The summed E-state index contributed by atoms with van der Waals surface area (Å²) in [5, 5.41) is 2.78. The summed E-state index contributed by atoms with van der Waals surface area (Å²) in [6.07, 6.45) is 0. The Morgan fingerprint density at radius 3 is 2.14 bits per heavy atom. The van der Waals surface area contributed by atoms with Crippen molar-refractivity contribution in [2.45, 2.75) is 13.8 Å². The average molecular weight is 466 g/mol. The Kier molecular flexibility index (Phi) is 7.90. The van der Waals surface area contributed by atoms with E-state index in [-0.39, 0.29) is 11.8 Å². The summed E-state index contributed by atoms with van der Waals surface area (Å²) in [6, 6.07) is 8.02. The Morgan fingerprint density at radius 1 is 1.00 bits per heavy atom. The van der Waals surface area contributed by atoms with Crippen molar-refractivity contribution in [3.8, 4) is 17.2 Å². The van der Waals surface area contributed by atoms with Crippen LogP contribution in [0, 0.1) is 5.92 Å². The fourth-order valence-corrected chi connectivity index (χ4v) is 3.14. The van der Waals surface area contributed by atoms with Crippen LogP contribution in [0.25, 0.3) is 0 Å². The smallest absolute Gasteiger partial charge is 0.338 e. The van der Waals surface area contributed by atoms with E-state index in [2.05, 4.69) is 21.2 Å². The molecule has 2 aromatic rings. The van der Waals surface area contributed by atoms with Crippen molar-refractivity contribution >= 4 is 33.5 Å². The van der Waals surface area contributed by atoms with Crippen LogP contribution < -0.4 is 19.5 Å². The molecule has 0 atom stereocenters. The Hall–Kier alpha value is -2.74. The monoisotopic (exact) mass is 465 g/mol. The maximum atomic E-state index is 12.8. The number of methoxy groups -OCH3 is 3. The third kappa shape index (κ3) is 5.41. The van der Waals surface area contributed by atoms with E-state index < -0.39 is 5.97 Å². The predicted molar refractivity (Wildman–Crippen MR) is 113 cm³/mol. The molecular weight excluding hydrogens is 442 g/mol. The van der Waals surface area contributed by atoms with Crippen LogP contribution in [0.4, 0.5) is 5.69 Å². The molecule has 2 rings (SSSR count). The first-order valence-corrected chi connectivity index (χ1v) is 9.68. The van der Waals surface area contributed by atoms with E-state index >= 15 is 0 Å². The van der Waals surface area contributed by atoms with E-state index in [0.29, 0.717) is 45.1 Å². The lowest BCUT2D eigenvalue weighted by molar-refractivity contribution is 0.0459. The van der Waals surface area contributed by atoms with Gasteiger partial charge in [-0.3, -0.25) is 4.79 Å². The number of carbonyl (C=O) groups is 2. The number of anilines is 1. The van der Waals surface area contributed by atoms with Crippen molar-refractivity contribution < 1.29 is 28.5 Å². The number of hydrogen-bond acceptors (Lipinski definition) is 6. The molecule has 0 bridgehead atoms.